The maximum absolute atomic E-state index is 12.8. The predicted octanol–water partition coefficient (Wildman–Crippen LogP) is 0.0750. The molecule has 0 aromatic heterocycles. The minimum Gasteiger partial charge on any atom is -0.465 e. The van der Waals surface area contributed by atoms with Crippen LogP contribution in [0.2, 0.25) is 0 Å². The summed E-state index contributed by atoms with van der Waals surface area (Å²) >= 11 is 0. The first-order valence-electron chi connectivity index (χ1n) is 9.18. The van der Waals surface area contributed by atoms with Crippen LogP contribution in [0.25, 0.3) is 0 Å². The van der Waals surface area contributed by atoms with Gasteiger partial charge in [0.15, 0.2) is 5.92 Å². The highest BCUT2D eigenvalue weighted by atomic mass is 16.6. The minimum absolute atomic E-state index is 0.0918. The zero-order chi connectivity index (χ0) is 21.0. The number of nitrogens with zero attached hydrogens (tertiary/aromatic N) is 4. The van der Waals surface area contributed by atoms with Gasteiger partial charge in [-0.1, -0.05) is 12.1 Å². The molecule has 2 aliphatic heterocycles. The third kappa shape index (κ3) is 4.33. The lowest BCUT2D eigenvalue weighted by molar-refractivity contribution is -0.384. The molecule has 0 bridgehead atoms. The molecule has 2 heterocycles. The van der Waals surface area contributed by atoms with Crippen molar-refractivity contribution < 1.29 is 24.0 Å². The molecule has 2 atom stereocenters. The molecule has 1 N–H and O–H groups in total. The van der Waals surface area contributed by atoms with Crippen molar-refractivity contribution in [1.82, 2.24) is 15.1 Å². The molecule has 2 unspecified atom stereocenters. The molecule has 154 valence electrons. The van der Waals surface area contributed by atoms with Crippen molar-refractivity contribution in [3.63, 3.8) is 0 Å². The van der Waals surface area contributed by atoms with Crippen LogP contribution in [-0.2, 0) is 19.1 Å². The van der Waals surface area contributed by atoms with E-state index in [9.17, 15) is 24.5 Å². The van der Waals surface area contributed by atoms with Crippen LogP contribution in [0.4, 0.5) is 5.69 Å². The number of carbonyl (C=O) groups excluding carboxylic acids is 3. The van der Waals surface area contributed by atoms with Crippen LogP contribution in [0, 0.1) is 16.0 Å². The molecule has 0 saturated carbocycles. The summed E-state index contributed by atoms with van der Waals surface area (Å²) in [7, 11) is 0. The monoisotopic (exact) mass is 403 g/mol. The molecular weight excluding hydrogens is 382 g/mol. The standard InChI is InChI=1S/C18H21N5O6/c1-2-29-17(26)14-15(12-4-3-5-13(10-12)23(27)28)19-18(20-16(14)25)22-8-6-21(11-24)7-9-22/h3-5,10-11,14-15H,2,6-9H2,1H3,(H,19,20,25). The number of nitrogens with one attached hydrogen (secondary N) is 1. The summed E-state index contributed by atoms with van der Waals surface area (Å²) in [5, 5.41) is 13.8. The van der Waals surface area contributed by atoms with Crippen LogP contribution in [-0.4, -0.2) is 71.8 Å². The van der Waals surface area contributed by atoms with Gasteiger partial charge in [-0.15, -0.1) is 0 Å². The topological polar surface area (TPSA) is 134 Å². The first-order valence-corrected chi connectivity index (χ1v) is 9.18. The molecule has 1 saturated heterocycles. The molecule has 2 aliphatic rings. The van der Waals surface area contributed by atoms with Crippen molar-refractivity contribution in [2.75, 3.05) is 32.8 Å². The van der Waals surface area contributed by atoms with Crippen molar-refractivity contribution in [2.45, 2.75) is 13.0 Å². The minimum atomic E-state index is -1.25. The molecule has 1 aromatic rings. The Hall–Kier alpha value is -3.50. The Balaban J connectivity index is 1.96. The molecule has 2 amide bonds. The second kappa shape index (κ2) is 8.67. The summed E-state index contributed by atoms with van der Waals surface area (Å²) in [6, 6.07) is 4.76. The van der Waals surface area contributed by atoms with Gasteiger partial charge in [0.05, 0.1) is 11.5 Å². The molecule has 3 rings (SSSR count). The van der Waals surface area contributed by atoms with E-state index >= 15 is 0 Å². The Labute approximate surface area is 166 Å². The number of hydrogen-bond acceptors (Lipinski definition) is 8. The number of hydrogen-bond donors (Lipinski definition) is 1. The summed E-state index contributed by atoms with van der Waals surface area (Å²) in [6.45, 7) is 3.59. The number of aliphatic imine (C=N–C) groups is 1. The van der Waals surface area contributed by atoms with Crippen molar-refractivity contribution in [1.29, 1.82) is 0 Å². The molecule has 11 heteroatoms. The van der Waals surface area contributed by atoms with Gasteiger partial charge in [0.2, 0.25) is 18.3 Å². The van der Waals surface area contributed by atoms with E-state index in [0.29, 0.717) is 31.7 Å². The Bertz CT molecular complexity index is 849. The van der Waals surface area contributed by atoms with E-state index in [1.54, 1.807) is 17.9 Å². The fourth-order valence-corrected chi connectivity index (χ4v) is 3.33. The number of ether oxygens (including phenoxy) is 1. The maximum atomic E-state index is 12.8. The number of rotatable bonds is 5. The fraction of sp³-hybridized carbons (Fsp3) is 0.444. The third-order valence-corrected chi connectivity index (χ3v) is 4.82. The summed E-state index contributed by atoms with van der Waals surface area (Å²) in [6.07, 6.45) is 0.765. The second-order valence-corrected chi connectivity index (χ2v) is 6.60. The van der Waals surface area contributed by atoms with E-state index in [2.05, 4.69) is 10.3 Å². The van der Waals surface area contributed by atoms with E-state index < -0.39 is 28.8 Å². The molecule has 0 radical (unpaired) electrons. The molecule has 0 spiro atoms. The highest BCUT2D eigenvalue weighted by molar-refractivity contribution is 6.08. The lowest BCUT2D eigenvalue weighted by atomic mass is 9.91. The van der Waals surface area contributed by atoms with Crippen LogP contribution >= 0.6 is 0 Å². The first-order chi connectivity index (χ1) is 13.9. The van der Waals surface area contributed by atoms with Gasteiger partial charge >= 0.3 is 5.97 Å². The third-order valence-electron chi connectivity index (χ3n) is 4.82. The van der Waals surface area contributed by atoms with Crippen molar-refractivity contribution in [3.05, 3.63) is 39.9 Å². The average molecular weight is 403 g/mol. The van der Waals surface area contributed by atoms with E-state index in [4.69, 9.17) is 4.74 Å². The van der Waals surface area contributed by atoms with Crippen LogP contribution in [0.15, 0.2) is 29.3 Å². The van der Waals surface area contributed by atoms with E-state index in [1.807, 2.05) is 4.90 Å². The van der Waals surface area contributed by atoms with Crippen molar-refractivity contribution in [2.24, 2.45) is 10.9 Å². The second-order valence-electron chi connectivity index (χ2n) is 6.60. The smallest absolute Gasteiger partial charge is 0.321 e. The van der Waals surface area contributed by atoms with E-state index in [1.165, 1.54) is 18.2 Å². The molecule has 11 nitrogen and oxygen atoms in total. The van der Waals surface area contributed by atoms with Gasteiger partial charge in [-0.05, 0) is 12.5 Å². The molecule has 1 aromatic carbocycles. The fourth-order valence-electron chi connectivity index (χ4n) is 3.33. The number of amides is 2. The normalized spacial score (nSPS) is 21.8. The number of nitro groups is 1. The van der Waals surface area contributed by atoms with Crippen LogP contribution in [0.3, 0.4) is 0 Å². The summed E-state index contributed by atoms with van der Waals surface area (Å²) < 4.78 is 5.03. The Morgan fingerprint density at radius 1 is 1.38 bits per heavy atom. The first kappa shape index (κ1) is 20.2. The van der Waals surface area contributed by atoms with Gasteiger partial charge in [0.25, 0.3) is 5.69 Å². The van der Waals surface area contributed by atoms with Gasteiger partial charge in [0.1, 0.15) is 6.04 Å². The SMILES string of the molecule is CCOC(=O)C1C(=O)NC(N2CCN(C=O)CC2)=NC1c1cccc([N+](=O)[O-])c1. The number of esters is 1. The molecule has 29 heavy (non-hydrogen) atoms. The molecular formula is C18H21N5O6. The number of nitro benzene ring substituents is 1. The summed E-state index contributed by atoms with van der Waals surface area (Å²) in [5.74, 6) is -2.30. The Morgan fingerprint density at radius 3 is 2.72 bits per heavy atom. The van der Waals surface area contributed by atoms with Gasteiger partial charge in [-0.2, -0.15) is 0 Å². The Morgan fingerprint density at radius 2 is 2.10 bits per heavy atom. The van der Waals surface area contributed by atoms with E-state index in [-0.39, 0.29) is 18.3 Å². The zero-order valence-corrected chi connectivity index (χ0v) is 15.8. The largest absolute Gasteiger partial charge is 0.465 e. The van der Waals surface area contributed by atoms with Crippen LogP contribution in [0.1, 0.15) is 18.5 Å². The average Bonchev–Trinajstić information content (AvgIpc) is 2.73. The number of guanidine groups is 1. The molecule has 0 aliphatic carbocycles. The number of piperazine rings is 1. The summed E-state index contributed by atoms with van der Waals surface area (Å²) in [5.41, 5.74) is 0.212. The number of non-ortho nitro benzene ring substituents is 1. The summed E-state index contributed by atoms with van der Waals surface area (Å²) in [4.78, 5) is 54.7. The quantitative estimate of drug-likeness (QED) is 0.242. The highest BCUT2D eigenvalue weighted by Gasteiger charge is 2.42. The van der Waals surface area contributed by atoms with Gasteiger partial charge < -0.3 is 14.5 Å². The predicted molar refractivity (Wildman–Crippen MR) is 101 cm³/mol. The van der Waals surface area contributed by atoms with Crippen LogP contribution in [0.5, 0.6) is 0 Å². The van der Waals surface area contributed by atoms with Gasteiger partial charge in [-0.25, -0.2) is 4.99 Å². The highest BCUT2D eigenvalue weighted by Crippen LogP contribution is 2.32. The van der Waals surface area contributed by atoms with Crippen molar-refractivity contribution >= 4 is 29.9 Å². The Kier molecular flexibility index (Phi) is 6.05. The van der Waals surface area contributed by atoms with Gasteiger partial charge in [-0.3, -0.25) is 29.8 Å². The number of benzene rings is 1. The zero-order valence-electron chi connectivity index (χ0n) is 15.8. The van der Waals surface area contributed by atoms with Crippen LogP contribution < -0.4 is 5.32 Å². The lowest BCUT2D eigenvalue weighted by Gasteiger charge is -2.37. The lowest BCUT2D eigenvalue weighted by Crippen LogP contribution is -2.57. The maximum Gasteiger partial charge on any atom is 0.321 e. The van der Waals surface area contributed by atoms with Gasteiger partial charge in [0, 0.05) is 38.3 Å². The molecule has 1 fully saturated rings. The number of carbonyl (C=O) groups is 3. The van der Waals surface area contributed by atoms with E-state index in [0.717, 1.165) is 6.41 Å². The van der Waals surface area contributed by atoms with Crippen molar-refractivity contribution in [3.8, 4) is 0 Å².